The number of Topliss-reactive ketones (excluding diaryl/α,β-unsaturated/α-hetero) is 1. The van der Waals surface area contributed by atoms with E-state index in [2.05, 4.69) is 0 Å². The van der Waals surface area contributed by atoms with Crippen molar-refractivity contribution in [1.82, 2.24) is 0 Å². The SMILES string of the molecule is COc1cccc(C(=O)Cc2cccc(Cl)c2F)c1. The fourth-order valence-electron chi connectivity index (χ4n) is 1.76. The molecule has 0 aliphatic heterocycles. The highest BCUT2D eigenvalue weighted by atomic mass is 35.5. The van der Waals surface area contributed by atoms with Crippen LogP contribution in [-0.2, 0) is 6.42 Å². The summed E-state index contributed by atoms with van der Waals surface area (Å²) in [5, 5.41) is 0.0240. The number of hydrogen-bond acceptors (Lipinski definition) is 2. The molecule has 98 valence electrons. The molecule has 0 N–H and O–H groups in total. The number of rotatable bonds is 4. The van der Waals surface area contributed by atoms with Crippen LogP contribution in [0.25, 0.3) is 0 Å². The molecule has 0 amide bonds. The molecule has 0 fully saturated rings. The summed E-state index contributed by atoms with van der Waals surface area (Å²) in [5.74, 6) is -0.127. The molecular weight excluding hydrogens is 267 g/mol. The molecule has 0 unspecified atom stereocenters. The van der Waals surface area contributed by atoms with Gasteiger partial charge in [-0.05, 0) is 23.8 Å². The van der Waals surface area contributed by atoms with Crippen molar-refractivity contribution in [3.05, 3.63) is 64.4 Å². The Morgan fingerprint density at radius 1 is 1.26 bits per heavy atom. The van der Waals surface area contributed by atoms with E-state index in [1.807, 2.05) is 0 Å². The Hall–Kier alpha value is -1.87. The molecule has 0 bridgehead atoms. The van der Waals surface area contributed by atoms with E-state index < -0.39 is 5.82 Å². The van der Waals surface area contributed by atoms with Crippen molar-refractivity contribution in [3.8, 4) is 5.75 Å². The maximum Gasteiger partial charge on any atom is 0.167 e. The molecule has 0 aliphatic carbocycles. The van der Waals surface area contributed by atoms with Crippen LogP contribution in [0.1, 0.15) is 15.9 Å². The second-order valence-corrected chi connectivity index (χ2v) is 4.45. The van der Waals surface area contributed by atoms with Gasteiger partial charge in [0.2, 0.25) is 0 Å². The van der Waals surface area contributed by atoms with Crippen molar-refractivity contribution in [3.63, 3.8) is 0 Å². The van der Waals surface area contributed by atoms with E-state index in [1.165, 1.54) is 13.2 Å². The Balaban J connectivity index is 2.23. The van der Waals surface area contributed by atoms with Crippen LogP contribution < -0.4 is 4.74 Å². The minimum Gasteiger partial charge on any atom is -0.497 e. The average molecular weight is 279 g/mol. The minimum atomic E-state index is -0.541. The van der Waals surface area contributed by atoms with Crippen LogP contribution in [0.5, 0.6) is 5.75 Å². The third-order valence-electron chi connectivity index (χ3n) is 2.77. The van der Waals surface area contributed by atoms with E-state index >= 15 is 0 Å². The van der Waals surface area contributed by atoms with Gasteiger partial charge in [-0.15, -0.1) is 0 Å². The number of halogens is 2. The van der Waals surface area contributed by atoms with Crippen molar-refractivity contribution in [2.24, 2.45) is 0 Å². The van der Waals surface area contributed by atoms with Gasteiger partial charge in [-0.25, -0.2) is 4.39 Å². The summed E-state index contributed by atoms with van der Waals surface area (Å²) in [4.78, 5) is 12.1. The van der Waals surface area contributed by atoms with Crippen LogP contribution in [0.3, 0.4) is 0 Å². The second kappa shape index (κ2) is 5.85. The van der Waals surface area contributed by atoms with E-state index in [-0.39, 0.29) is 17.2 Å². The predicted molar refractivity (Wildman–Crippen MR) is 72.4 cm³/mol. The molecule has 0 spiro atoms. The topological polar surface area (TPSA) is 26.3 Å². The zero-order chi connectivity index (χ0) is 13.8. The smallest absolute Gasteiger partial charge is 0.167 e. The molecule has 19 heavy (non-hydrogen) atoms. The Kier molecular flexibility index (Phi) is 4.17. The van der Waals surface area contributed by atoms with Gasteiger partial charge in [-0.2, -0.15) is 0 Å². The molecule has 0 aliphatic rings. The largest absolute Gasteiger partial charge is 0.497 e. The van der Waals surface area contributed by atoms with Crippen LogP contribution in [0.2, 0.25) is 5.02 Å². The molecule has 0 heterocycles. The van der Waals surface area contributed by atoms with Gasteiger partial charge in [0, 0.05) is 12.0 Å². The number of carbonyl (C=O) groups is 1. The highest BCUT2D eigenvalue weighted by Gasteiger charge is 2.12. The first-order valence-electron chi connectivity index (χ1n) is 5.72. The molecule has 0 saturated carbocycles. The van der Waals surface area contributed by atoms with Crippen molar-refractivity contribution in [2.45, 2.75) is 6.42 Å². The number of ketones is 1. The summed E-state index contributed by atoms with van der Waals surface area (Å²) in [6.07, 6.45) is -0.0282. The lowest BCUT2D eigenvalue weighted by molar-refractivity contribution is 0.0991. The number of hydrogen-bond donors (Lipinski definition) is 0. The summed E-state index contributed by atoms with van der Waals surface area (Å²) >= 11 is 5.68. The van der Waals surface area contributed by atoms with Gasteiger partial charge in [-0.3, -0.25) is 4.79 Å². The molecule has 0 saturated heterocycles. The van der Waals surface area contributed by atoms with Crippen LogP contribution in [0, 0.1) is 5.82 Å². The quantitative estimate of drug-likeness (QED) is 0.793. The molecule has 2 aromatic rings. The summed E-state index contributed by atoms with van der Waals surface area (Å²) in [6, 6.07) is 11.4. The lowest BCUT2D eigenvalue weighted by atomic mass is 10.0. The average Bonchev–Trinajstić information content (AvgIpc) is 2.44. The van der Waals surface area contributed by atoms with Crippen molar-refractivity contribution in [1.29, 1.82) is 0 Å². The summed E-state index contributed by atoms with van der Waals surface area (Å²) in [6.45, 7) is 0. The number of benzene rings is 2. The third-order valence-corrected chi connectivity index (χ3v) is 3.07. The summed E-state index contributed by atoms with van der Waals surface area (Å²) in [7, 11) is 1.53. The molecule has 0 atom stereocenters. The fraction of sp³-hybridized carbons (Fsp3) is 0.133. The second-order valence-electron chi connectivity index (χ2n) is 4.04. The van der Waals surface area contributed by atoms with E-state index in [1.54, 1.807) is 36.4 Å². The highest BCUT2D eigenvalue weighted by Crippen LogP contribution is 2.20. The first-order valence-corrected chi connectivity index (χ1v) is 6.09. The van der Waals surface area contributed by atoms with E-state index in [0.717, 1.165) is 0 Å². The molecule has 2 rings (SSSR count). The van der Waals surface area contributed by atoms with Gasteiger partial charge in [0.1, 0.15) is 11.6 Å². The van der Waals surface area contributed by atoms with Crippen molar-refractivity contribution < 1.29 is 13.9 Å². The Morgan fingerprint density at radius 2 is 2.00 bits per heavy atom. The lowest BCUT2D eigenvalue weighted by Gasteiger charge is -2.06. The number of carbonyl (C=O) groups excluding carboxylic acids is 1. The maximum absolute atomic E-state index is 13.7. The maximum atomic E-state index is 13.7. The Bertz CT molecular complexity index is 611. The van der Waals surface area contributed by atoms with Crippen LogP contribution in [0.15, 0.2) is 42.5 Å². The summed E-state index contributed by atoms with van der Waals surface area (Å²) in [5.41, 5.74) is 0.777. The van der Waals surface area contributed by atoms with Gasteiger partial charge in [-0.1, -0.05) is 35.9 Å². The van der Waals surface area contributed by atoms with Gasteiger partial charge in [0.15, 0.2) is 5.78 Å². The zero-order valence-corrected chi connectivity index (χ0v) is 11.1. The zero-order valence-electron chi connectivity index (χ0n) is 10.3. The molecule has 2 nitrogen and oxygen atoms in total. The summed E-state index contributed by atoms with van der Waals surface area (Å²) < 4.78 is 18.8. The molecular formula is C15H12ClFO2. The van der Waals surface area contributed by atoms with Crippen LogP contribution in [-0.4, -0.2) is 12.9 Å². The van der Waals surface area contributed by atoms with Gasteiger partial charge >= 0.3 is 0 Å². The Morgan fingerprint density at radius 3 is 2.74 bits per heavy atom. The highest BCUT2D eigenvalue weighted by molar-refractivity contribution is 6.30. The molecule has 0 radical (unpaired) electrons. The van der Waals surface area contributed by atoms with Gasteiger partial charge in [0.05, 0.1) is 12.1 Å². The Labute approximate surface area is 115 Å². The van der Waals surface area contributed by atoms with E-state index in [0.29, 0.717) is 16.9 Å². The lowest BCUT2D eigenvalue weighted by Crippen LogP contribution is -2.05. The van der Waals surface area contributed by atoms with Crippen LogP contribution >= 0.6 is 11.6 Å². The number of ether oxygens (including phenoxy) is 1. The molecule has 4 heteroatoms. The van der Waals surface area contributed by atoms with Gasteiger partial charge < -0.3 is 4.74 Å². The fourth-order valence-corrected chi connectivity index (χ4v) is 1.95. The number of methoxy groups -OCH3 is 1. The molecule has 0 aromatic heterocycles. The molecule has 2 aromatic carbocycles. The van der Waals surface area contributed by atoms with Crippen LogP contribution in [0.4, 0.5) is 4.39 Å². The van der Waals surface area contributed by atoms with Gasteiger partial charge in [0.25, 0.3) is 0 Å². The third kappa shape index (κ3) is 3.12. The normalized spacial score (nSPS) is 10.3. The predicted octanol–water partition coefficient (Wildman–Crippen LogP) is 3.91. The minimum absolute atomic E-state index is 0.0240. The van der Waals surface area contributed by atoms with E-state index in [4.69, 9.17) is 16.3 Å². The van der Waals surface area contributed by atoms with E-state index in [9.17, 15) is 9.18 Å². The van der Waals surface area contributed by atoms with Crippen molar-refractivity contribution >= 4 is 17.4 Å². The first kappa shape index (κ1) is 13.6. The first-order chi connectivity index (χ1) is 9.11. The van der Waals surface area contributed by atoms with Crippen molar-refractivity contribution in [2.75, 3.05) is 7.11 Å². The monoisotopic (exact) mass is 278 g/mol. The standard InChI is InChI=1S/C15H12ClFO2/c1-19-12-6-2-4-10(8-12)14(18)9-11-5-3-7-13(16)15(11)17/h2-8H,9H2,1H3.